The molecule has 2 rings (SSSR count). The maximum Gasteiger partial charge on any atom is 0.306 e. The fourth-order valence-corrected chi connectivity index (χ4v) is 2.79. The van der Waals surface area contributed by atoms with Crippen LogP contribution in [0.15, 0.2) is 24.3 Å². The van der Waals surface area contributed by atoms with E-state index >= 15 is 0 Å². The molecule has 0 saturated carbocycles. The van der Waals surface area contributed by atoms with Gasteiger partial charge in [0.2, 0.25) is 0 Å². The van der Waals surface area contributed by atoms with Crippen molar-refractivity contribution in [1.29, 1.82) is 0 Å². The van der Waals surface area contributed by atoms with Crippen molar-refractivity contribution in [3.05, 3.63) is 24.3 Å². The van der Waals surface area contributed by atoms with Crippen LogP contribution in [0.5, 0.6) is 0 Å². The van der Waals surface area contributed by atoms with Crippen molar-refractivity contribution < 1.29 is 19.1 Å². The first kappa shape index (κ1) is 16.8. The Balaban J connectivity index is 1.52. The molecule has 0 saturated heterocycles. The van der Waals surface area contributed by atoms with E-state index in [4.69, 9.17) is 9.47 Å². The zero-order chi connectivity index (χ0) is 15.6. The standard InChI is InChI=1S/C18H26O4/c19-17(21-13-15-7-3-1-4-8-15)11-12-18(20)22-14-16-9-5-2-6-10-16/h1-3,5,15-16H,4,6-14H2. The van der Waals surface area contributed by atoms with E-state index in [2.05, 4.69) is 24.3 Å². The molecule has 122 valence electrons. The molecular formula is C18H26O4. The molecule has 2 aliphatic carbocycles. The van der Waals surface area contributed by atoms with E-state index in [-0.39, 0.29) is 24.8 Å². The van der Waals surface area contributed by atoms with Gasteiger partial charge in [-0.2, -0.15) is 0 Å². The topological polar surface area (TPSA) is 52.6 Å². The van der Waals surface area contributed by atoms with Gasteiger partial charge in [0.1, 0.15) is 0 Å². The van der Waals surface area contributed by atoms with Crippen LogP contribution in [0, 0.1) is 11.8 Å². The quantitative estimate of drug-likeness (QED) is 0.533. The van der Waals surface area contributed by atoms with Gasteiger partial charge in [-0.15, -0.1) is 0 Å². The minimum Gasteiger partial charge on any atom is -0.465 e. The SMILES string of the molecule is O=C(CCC(=O)OCC1CC=CCC1)OCC1CC=CCC1. The third-order valence-corrected chi connectivity index (χ3v) is 4.25. The van der Waals surface area contributed by atoms with E-state index in [1.54, 1.807) is 0 Å². The van der Waals surface area contributed by atoms with Gasteiger partial charge in [-0.1, -0.05) is 24.3 Å². The summed E-state index contributed by atoms with van der Waals surface area (Å²) in [5, 5.41) is 0. The molecule has 0 radical (unpaired) electrons. The van der Waals surface area contributed by atoms with Crippen molar-refractivity contribution in [1.82, 2.24) is 0 Å². The van der Waals surface area contributed by atoms with E-state index in [1.807, 2.05) is 0 Å². The summed E-state index contributed by atoms with van der Waals surface area (Å²) >= 11 is 0. The molecule has 0 fully saturated rings. The second kappa shape index (κ2) is 9.44. The molecule has 0 aliphatic heterocycles. The van der Waals surface area contributed by atoms with Gasteiger partial charge in [-0.25, -0.2) is 0 Å². The molecule has 0 N–H and O–H groups in total. The Morgan fingerprint density at radius 1 is 0.773 bits per heavy atom. The van der Waals surface area contributed by atoms with Crippen LogP contribution in [0.1, 0.15) is 51.4 Å². The lowest BCUT2D eigenvalue weighted by Gasteiger charge is -2.18. The zero-order valence-corrected chi connectivity index (χ0v) is 13.2. The Morgan fingerprint density at radius 2 is 1.23 bits per heavy atom. The summed E-state index contributed by atoms with van der Waals surface area (Å²) < 4.78 is 10.5. The monoisotopic (exact) mass is 306 g/mol. The van der Waals surface area contributed by atoms with Crippen molar-refractivity contribution in [2.24, 2.45) is 11.8 Å². The zero-order valence-electron chi connectivity index (χ0n) is 13.2. The predicted molar refractivity (Wildman–Crippen MR) is 84.1 cm³/mol. The fraction of sp³-hybridized carbons (Fsp3) is 0.667. The summed E-state index contributed by atoms with van der Waals surface area (Å²) in [6.07, 6.45) is 15.1. The second-order valence-corrected chi connectivity index (χ2v) is 6.17. The largest absolute Gasteiger partial charge is 0.465 e. The van der Waals surface area contributed by atoms with Crippen LogP contribution in [0.2, 0.25) is 0 Å². The normalized spacial score (nSPS) is 24.0. The van der Waals surface area contributed by atoms with Gasteiger partial charge in [0, 0.05) is 0 Å². The van der Waals surface area contributed by atoms with Crippen molar-refractivity contribution in [2.45, 2.75) is 51.4 Å². The number of hydrogen-bond acceptors (Lipinski definition) is 4. The lowest BCUT2D eigenvalue weighted by atomic mass is 9.95. The molecule has 0 heterocycles. The molecule has 0 amide bonds. The molecule has 0 aromatic carbocycles. The summed E-state index contributed by atoms with van der Waals surface area (Å²) in [5.41, 5.74) is 0. The first-order chi connectivity index (χ1) is 10.7. The van der Waals surface area contributed by atoms with Crippen LogP contribution in [-0.4, -0.2) is 25.2 Å². The van der Waals surface area contributed by atoms with Crippen LogP contribution >= 0.6 is 0 Å². The van der Waals surface area contributed by atoms with Gasteiger partial charge in [0.25, 0.3) is 0 Å². The third kappa shape index (κ3) is 6.46. The van der Waals surface area contributed by atoms with Gasteiger partial charge >= 0.3 is 11.9 Å². The Labute approximate surface area is 132 Å². The molecule has 2 atom stereocenters. The van der Waals surface area contributed by atoms with E-state index < -0.39 is 0 Å². The molecule has 2 aliphatic rings. The van der Waals surface area contributed by atoms with Gasteiger partial charge < -0.3 is 9.47 Å². The second-order valence-electron chi connectivity index (χ2n) is 6.17. The van der Waals surface area contributed by atoms with Crippen molar-refractivity contribution in [3.63, 3.8) is 0 Å². The van der Waals surface area contributed by atoms with Gasteiger partial charge in [-0.3, -0.25) is 9.59 Å². The summed E-state index contributed by atoms with van der Waals surface area (Å²) in [5.74, 6) is 0.264. The first-order valence-corrected chi connectivity index (χ1v) is 8.35. The van der Waals surface area contributed by atoms with Crippen LogP contribution in [0.4, 0.5) is 0 Å². The Morgan fingerprint density at radius 3 is 1.59 bits per heavy atom. The average molecular weight is 306 g/mol. The van der Waals surface area contributed by atoms with Crippen LogP contribution < -0.4 is 0 Å². The lowest BCUT2D eigenvalue weighted by Crippen LogP contribution is -2.18. The van der Waals surface area contributed by atoms with Crippen molar-refractivity contribution >= 4 is 11.9 Å². The highest BCUT2D eigenvalue weighted by molar-refractivity contribution is 5.77. The molecule has 0 aromatic rings. The summed E-state index contributed by atoms with van der Waals surface area (Å²) in [4.78, 5) is 23.3. The van der Waals surface area contributed by atoms with E-state index in [1.165, 1.54) is 0 Å². The summed E-state index contributed by atoms with van der Waals surface area (Å²) in [7, 11) is 0. The van der Waals surface area contributed by atoms with Crippen molar-refractivity contribution in [2.75, 3.05) is 13.2 Å². The molecule has 4 heteroatoms. The lowest BCUT2D eigenvalue weighted by molar-refractivity contribution is -0.151. The van der Waals surface area contributed by atoms with Crippen LogP contribution in [-0.2, 0) is 19.1 Å². The van der Waals surface area contributed by atoms with Crippen molar-refractivity contribution in [3.8, 4) is 0 Å². The number of allylic oxidation sites excluding steroid dienone is 4. The Bertz CT molecular complexity index is 385. The predicted octanol–water partition coefficient (Wildman–Crippen LogP) is 3.57. The highest BCUT2D eigenvalue weighted by atomic mass is 16.5. The molecule has 0 bridgehead atoms. The highest BCUT2D eigenvalue weighted by Gasteiger charge is 2.16. The van der Waals surface area contributed by atoms with Gasteiger partial charge in [0.05, 0.1) is 26.1 Å². The number of rotatable bonds is 7. The maximum absolute atomic E-state index is 11.6. The minimum atomic E-state index is -0.299. The molecular weight excluding hydrogens is 280 g/mol. The Kier molecular flexibility index (Phi) is 7.20. The fourth-order valence-electron chi connectivity index (χ4n) is 2.79. The molecule has 0 spiro atoms. The average Bonchev–Trinajstić information content (AvgIpc) is 2.58. The number of hydrogen-bond donors (Lipinski definition) is 0. The minimum absolute atomic E-state index is 0.117. The summed E-state index contributed by atoms with van der Waals surface area (Å²) in [6, 6.07) is 0. The summed E-state index contributed by atoms with van der Waals surface area (Å²) in [6.45, 7) is 0.930. The molecule has 2 unspecified atom stereocenters. The van der Waals surface area contributed by atoms with Crippen LogP contribution in [0.25, 0.3) is 0 Å². The maximum atomic E-state index is 11.6. The molecule has 4 nitrogen and oxygen atoms in total. The van der Waals surface area contributed by atoms with Crippen LogP contribution in [0.3, 0.4) is 0 Å². The molecule has 0 aromatic heterocycles. The van der Waals surface area contributed by atoms with E-state index in [0.29, 0.717) is 25.0 Å². The highest BCUT2D eigenvalue weighted by Crippen LogP contribution is 2.19. The number of esters is 2. The molecule has 22 heavy (non-hydrogen) atoms. The Hall–Kier alpha value is -1.58. The third-order valence-electron chi connectivity index (χ3n) is 4.25. The van der Waals surface area contributed by atoms with E-state index in [9.17, 15) is 9.59 Å². The smallest absolute Gasteiger partial charge is 0.306 e. The first-order valence-electron chi connectivity index (χ1n) is 8.35. The van der Waals surface area contributed by atoms with E-state index in [0.717, 1.165) is 38.5 Å². The number of ether oxygens (including phenoxy) is 2. The number of carbonyl (C=O) groups excluding carboxylic acids is 2. The van der Waals surface area contributed by atoms with Gasteiger partial charge in [0.15, 0.2) is 0 Å². The number of carbonyl (C=O) groups is 2. The van der Waals surface area contributed by atoms with Gasteiger partial charge in [-0.05, 0) is 50.4 Å².